The van der Waals surface area contributed by atoms with Gasteiger partial charge in [-0.15, -0.1) is 0 Å². The third kappa shape index (κ3) is 3.71. The highest BCUT2D eigenvalue weighted by Gasteiger charge is 2.45. The first-order chi connectivity index (χ1) is 13.2. The number of halogens is 3. The van der Waals surface area contributed by atoms with Gasteiger partial charge in [-0.2, -0.15) is 5.10 Å². The molecule has 0 saturated carbocycles. The molecule has 0 radical (unpaired) electrons. The van der Waals surface area contributed by atoms with Gasteiger partial charge in [0.05, 0.1) is 30.1 Å². The van der Waals surface area contributed by atoms with E-state index in [4.69, 9.17) is 4.74 Å². The maximum Gasteiger partial charge on any atom is 0.408 e. The van der Waals surface area contributed by atoms with Crippen molar-refractivity contribution in [3.8, 4) is 0 Å². The Balaban J connectivity index is 2.04. The van der Waals surface area contributed by atoms with Gasteiger partial charge in [-0.1, -0.05) is 15.9 Å². The zero-order valence-electron chi connectivity index (χ0n) is 14.6. The van der Waals surface area contributed by atoms with Gasteiger partial charge >= 0.3 is 12.1 Å². The van der Waals surface area contributed by atoms with Crippen molar-refractivity contribution in [3.05, 3.63) is 28.6 Å². The van der Waals surface area contributed by atoms with Gasteiger partial charge in [0, 0.05) is 17.1 Å². The molecule has 2 aromatic rings. The van der Waals surface area contributed by atoms with E-state index in [9.17, 15) is 28.3 Å². The molecule has 3 atom stereocenters. The number of fused-ring (bicyclic) bond motifs is 1. The summed E-state index contributed by atoms with van der Waals surface area (Å²) in [5, 5.41) is 13.4. The number of carbonyl (C=O) groups is 3. The van der Waals surface area contributed by atoms with E-state index in [0.717, 1.165) is 4.68 Å². The Kier molecular flexibility index (Phi) is 5.64. The molecule has 28 heavy (non-hydrogen) atoms. The number of likely N-dealkylation sites (tertiary alicyclic amines) is 1. The summed E-state index contributed by atoms with van der Waals surface area (Å²) in [7, 11) is 0. The summed E-state index contributed by atoms with van der Waals surface area (Å²) in [6.45, 7) is 1.03. The Hall–Kier alpha value is -2.56. The Morgan fingerprint density at radius 3 is 2.79 bits per heavy atom. The van der Waals surface area contributed by atoms with E-state index in [1.165, 1.54) is 25.3 Å². The maximum absolute atomic E-state index is 14.2. The highest BCUT2D eigenvalue weighted by molar-refractivity contribution is 9.10. The molecular formula is C17H16BrF2N3O5. The van der Waals surface area contributed by atoms with Gasteiger partial charge in [0.15, 0.2) is 5.78 Å². The molecule has 1 aliphatic rings. The summed E-state index contributed by atoms with van der Waals surface area (Å²) in [5.74, 6) is -2.48. The molecule has 150 valence electrons. The standard InChI is InChI=1S/C17H16BrF2N3O5/c1-2-28-16(25)14(15(24)13-5-9(19)6-22(13)17(26)27)23-7-10-11(20)3-8(18)4-12(10)21-23/h3-4,7,9,13-14H,2,5-6H2,1H3,(H,26,27)/t9-,13+,14?/m1/s1. The lowest BCUT2D eigenvalue weighted by atomic mass is 10.0. The minimum absolute atomic E-state index is 0.0393. The first-order valence-corrected chi connectivity index (χ1v) is 9.20. The Bertz CT molecular complexity index is 950. The van der Waals surface area contributed by atoms with Crippen LogP contribution < -0.4 is 0 Å². The molecule has 1 amide bonds. The van der Waals surface area contributed by atoms with Gasteiger partial charge in [0.2, 0.25) is 6.04 Å². The molecule has 0 bridgehead atoms. The van der Waals surface area contributed by atoms with Crippen LogP contribution in [0.5, 0.6) is 0 Å². The minimum atomic E-state index is -1.66. The van der Waals surface area contributed by atoms with Crippen molar-refractivity contribution < 1.29 is 33.0 Å². The SMILES string of the molecule is CCOC(=O)C(C(=O)[C@@H]1C[C@@H](F)CN1C(=O)O)n1cc2c(F)cc(Br)cc2n1. The van der Waals surface area contributed by atoms with Crippen LogP contribution in [0.3, 0.4) is 0 Å². The lowest BCUT2D eigenvalue weighted by Gasteiger charge is -2.23. The molecule has 1 saturated heterocycles. The normalized spacial score (nSPS) is 20.4. The summed E-state index contributed by atoms with van der Waals surface area (Å²) in [4.78, 5) is 37.5. The number of ketones is 1. The van der Waals surface area contributed by atoms with E-state index in [-0.39, 0.29) is 23.9 Å². The predicted octanol–water partition coefficient (Wildman–Crippen LogP) is 2.70. The quantitative estimate of drug-likeness (QED) is 0.544. The molecule has 1 fully saturated rings. The molecule has 1 aromatic carbocycles. The summed E-state index contributed by atoms with van der Waals surface area (Å²) in [6.07, 6.45) is -2.20. The van der Waals surface area contributed by atoms with E-state index >= 15 is 0 Å². The number of carbonyl (C=O) groups excluding carboxylic acids is 2. The molecule has 1 N–H and O–H groups in total. The average Bonchev–Trinajstić information content (AvgIpc) is 3.19. The number of hydrogen-bond acceptors (Lipinski definition) is 5. The Morgan fingerprint density at radius 1 is 1.43 bits per heavy atom. The van der Waals surface area contributed by atoms with Gasteiger partial charge in [0.25, 0.3) is 0 Å². The molecule has 2 heterocycles. The second-order valence-corrected chi connectivity index (χ2v) is 7.19. The molecule has 1 aliphatic heterocycles. The van der Waals surface area contributed by atoms with Crippen molar-refractivity contribution in [2.45, 2.75) is 31.6 Å². The van der Waals surface area contributed by atoms with Crippen molar-refractivity contribution in [1.82, 2.24) is 14.7 Å². The number of hydrogen-bond donors (Lipinski definition) is 1. The van der Waals surface area contributed by atoms with Crippen LogP contribution in [0.1, 0.15) is 19.4 Å². The van der Waals surface area contributed by atoms with Crippen molar-refractivity contribution >= 4 is 44.7 Å². The van der Waals surface area contributed by atoms with Crippen molar-refractivity contribution in [1.29, 1.82) is 0 Å². The van der Waals surface area contributed by atoms with Crippen LogP contribution in [-0.4, -0.2) is 63.0 Å². The highest BCUT2D eigenvalue weighted by Crippen LogP contribution is 2.28. The van der Waals surface area contributed by atoms with E-state index in [2.05, 4.69) is 21.0 Å². The lowest BCUT2D eigenvalue weighted by Crippen LogP contribution is -2.45. The summed E-state index contributed by atoms with van der Waals surface area (Å²) < 4.78 is 34.2. The van der Waals surface area contributed by atoms with Gasteiger partial charge in [-0.25, -0.2) is 23.1 Å². The van der Waals surface area contributed by atoms with E-state index in [0.29, 0.717) is 9.37 Å². The third-order valence-corrected chi connectivity index (χ3v) is 4.88. The first kappa shape index (κ1) is 20.2. The topological polar surface area (TPSA) is 102 Å². The number of alkyl halides is 1. The van der Waals surface area contributed by atoms with Crippen LogP contribution in [0.4, 0.5) is 13.6 Å². The smallest absolute Gasteiger partial charge is 0.408 e. The van der Waals surface area contributed by atoms with Gasteiger partial charge < -0.3 is 9.84 Å². The van der Waals surface area contributed by atoms with Crippen molar-refractivity contribution in [2.24, 2.45) is 0 Å². The Morgan fingerprint density at radius 2 is 2.14 bits per heavy atom. The molecule has 1 unspecified atom stereocenters. The van der Waals surface area contributed by atoms with E-state index in [1.807, 2.05) is 0 Å². The number of esters is 1. The van der Waals surface area contributed by atoms with Crippen LogP contribution in [0, 0.1) is 5.82 Å². The number of amides is 1. The van der Waals surface area contributed by atoms with Crippen LogP contribution in [0.25, 0.3) is 10.9 Å². The highest BCUT2D eigenvalue weighted by atomic mass is 79.9. The van der Waals surface area contributed by atoms with Gasteiger partial charge in [0.1, 0.15) is 12.0 Å². The maximum atomic E-state index is 14.2. The number of ether oxygens (including phenoxy) is 1. The number of Topliss-reactive ketones (excluding diaryl/α,β-unsaturated/α-hetero) is 1. The van der Waals surface area contributed by atoms with E-state index < -0.39 is 48.5 Å². The average molecular weight is 460 g/mol. The lowest BCUT2D eigenvalue weighted by molar-refractivity contribution is -0.152. The van der Waals surface area contributed by atoms with Crippen molar-refractivity contribution in [2.75, 3.05) is 13.2 Å². The van der Waals surface area contributed by atoms with Gasteiger partial charge in [-0.05, 0) is 19.1 Å². The molecule has 1 aromatic heterocycles. The molecule has 8 nitrogen and oxygen atoms in total. The van der Waals surface area contributed by atoms with Crippen LogP contribution in [-0.2, 0) is 14.3 Å². The largest absolute Gasteiger partial charge is 0.465 e. The second-order valence-electron chi connectivity index (χ2n) is 6.27. The van der Waals surface area contributed by atoms with E-state index in [1.54, 1.807) is 0 Å². The number of benzene rings is 1. The number of carboxylic acid groups (broad SMARTS) is 1. The fourth-order valence-corrected chi connectivity index (χ4v) is 3.64. The monoisotopic (exact) mass is 459 g/mol. The summed E-state index contributed by atoms with van der Waals surface area (Å²) in [5.41, 5.74) is 0.179. The zero-order chi connectivity index (χ0) is 20.6. The molecule has 11 heteroatoms. The van der Waals surface area contributed by atoms with Crippen LogP contribution in [0.2, 0.25) is 0 Å². The number of aromatic nitrogens is 2. The third-order valence-electron chi connectivity index (χ3n) is 4.43. The second kappa shape index (κ2) is 7.82. The predicted molar refractivity (Wildman–Crippen MR) is 96.1 cm³/mol. The molecule has 0 spiro atoms. The number of rotatable bonds is 5. The first-order valence-electron chi connectivity index (χ1n) is 8.40. The fraction of sp³-hybridized carbons (Fsp3) is 0.412. The molecule has 3 rings (SSSR count). The molecule has 0 aliphatic carbocycles. The summed E-state index contributed by atoms with van der Waals surface area (Å²) in [6, 6.07) is -0.335. The molecular weight excluding hydrogens is 444 g/mol. The zero-order valence-corrected chi connectivity index (χ0v) is 16.2. The van der Waals surface area contributed by atoms with Crippen LogP contribution >= 0.6 is 15.9 Å². The van der Waals surface area contributed by atoms with Crippen LogP contribution in [0.15, 0.2) is 22.8 Å². The Labute approximate surface area is 166 Å². The minimum Gasteiger partial charge on any atom is -0.465 e. The van der Waals surface area contributed by atoms with Crippen molar-refractivity contribution in [3.63, 3.8) is 0 Å². The number of nitrogens with zero attached hydrogens (tertiary/aromatic N) is 3. The summed E-state index contributed by atoms with van der Waals surface area (Å²) >= 11 is 3.14. The fourth-order valence-electron chi connectivity index (χ4n) is 3.22. The van der Waals surface area contributed by atoms with Gasteiger partial charge in [-0.3, -0.25) is 9.69 Å².